The van der Waals surface area contributed by atoms with Crippen molar-refractivity contribution >= 4 is 15.7 Å². The summed E-state index contributed by atoms with van der Waals surface area (Å²) in [5.41, 5.74) is 2.62. The Morgan fingerprint density at radius 1 is 1.10 bits per heavy atom. The lowest BCUT2D eigenvalue weighted by Gasteiger charge is -2.38. The summed E-state index contributed by atoms with van der Waals surface area (Å²) in [7, 11) is -2.45. The van der Waals surface area contributed by atoms with Crippen molar-refractivity contribution in [2.75, 3.05) is 43.9 Å². The van der Waals surface area contributed by atoms with Gasteiger partial charge in [0.2, 0.25) is 5.95 Å². The fraction of sp³-hybridized carbons (Fsp3) is 0.545. The fourth-order valence-electron chi connectivity index (χ4n) is 4.09. The van der Waals surface area contributed by atoms with Crippen molar-refractivity contribution in [3.05, 3.63) is 41.7 Å². The van der Waals surface area contributed by atoms with Gasteiger partial charge in [-0.3, -0.25) is 4.90 Å². The highest BCUT2D eigenvalue weighted by atomic mass is 32.2. The van der Waals surface area contributed by atoms with Gasteiger partial charge in [-0.1, -0.05) is 12.1 Å². The molecule has 0 radical (unpaired) electrons. The van der Waals surface area contributed by atoms with E-state index in [2.05, 4.69) is 49.3 Å². The maximum atomic E-state index is 12.7. The van der Waals surface area contributed by atoms with Crippen LogP contribution in [0.5, 0.6) is 5.75 Å². The smallest absolute Gasteiger partial charge is 0.225 e. The van der Waals surface area contributed by atoms with Gasteiger partial charge in [0.25, 0.3) is 0 Å². The van der Waals surface area contributed by atoms with E-state index in [9.17, 15) is 4.21 Å². The van der Waals surface area contributed by atoms with Crippen LogP contribution in [0.2, 0.25) is 0 Å². The molecule has 1 fully saturated rings. The molecule has 0 unspecified atom stereocenters. The van der Waals surface area contributed by atoms with E-state index < -0.39 is 9.73 Å². The zero-order valence-electron chi connectivity index (χ0n) is 18.2. The Kier molecular flexibility index (Phi) is 5.97. The number of anilines is 1. The lowest BCUT2D eigenvalue weighted by Crippen LogP contribution is -2.47. The lowest BCUT2D eigenvalue weighted by atomic mass is 10.0. The Balaban J connectivity index is 1.39. The van der Waals surface area contributed by atoms with Gasteiger partial charge < -0.3 is 9.64 Å². The molecule has 2 atom stereocenters. The van der Waals surface area contributed by atoms with Gasteiger partial charge in [-0.05, 0) is 38.0 Å². The molecule has 0 aliphatic carbocycles. The molecular formula is C22H31N5O2S. The Morgan fingerprint density at radius 2 is 1.80 bits per heavy atom. The molecule has 7 nitrogen and oxygen atoms in total. The van der Waals surface area contributed by atoms with Gasteiger partial charge in [0.15, 0.2) is 0 Å². The summed E-state index contributed by atoms with van der Waals surface area (Å²) < 4.78 is 22.8. The minimum atomic E-state index is -2.45. The molecule has 4 rings (SSSR count). The van der Waals surface area contributed by atoms with Crippen molar-refractivity contribution in [2.45, 2.75) is 44.2 Å². The number of fused-ring (bicyclic) bond motifs is 1. The third-order valence-electron chi connectivity index (χ3n) is 5.81. The minimum absolute atomic E-state index is 0.00878. The van der Waals surface area contributed by atoms with Gasteiger partial charge in [-0.15, -0.1) is 0 Å². The second-order valence-corrected chi connectivity index (χ2v) is 10.7. The van der Waals surface area contributed by atoms with Crippen LogP contribution in [0, 0.1) is 0 Å². The maximum absolute atomic E-state index is 12.7. The summed E-state index contributed by atoms with van der Waals surface area (Å²) in [5.74, 6) is 1.74. The number of aromatic nitrogens is 2. The Morgan fingerprint density at radius 3 is 2.47 bits per heavy atom. The average molecular weight is 430 g/mol. The standard InChI is InChI=1S/C22H31N5O2S/c1-16(2)25-30(4,28)20-14-23-22(24-15-20)27-10-8-26(9-11-27)17(3)19-6-5-18-7-12-29-21(18)13-19/h5-6,13-17H,7-12H2,1-4H3/t17-,30+/m0/s1. The molecule has 0 saturated carbocycles. The summed E-state index contributed by atoms with van der Waals surface area (Å²) in [6, 6.07) is 6.99. The molecule has 8 heteroatoms. The first-order chi connectivity index (χ1) is 14.3. The largest absolute Gasteiger partial charge is 0.493 e. The molecule has 162 valence electrons. The monoisotopic (exact) mass is 429 g/mol. The second-order valence-electron chi connectivity index (χ2n) is 8.39. The second kappa shape index (κ2) is 8.51. The van der Waals surface area contributed by atoms with E-state index >= 15 is 0 Å². The third kappa shape index (κ3) is 4.44. The van der Waals surface area contributed by atoms with E-state index in [1.807, 2.05) is 13.8 Å². The quantitative estimate of drug-likeness (QED) is 0.727. The number of hydrogen-bond donors (Lipinski definition) is 0. The predicted octanol–water partition coefficient (Wildman–Crippen LogP) is 3.16. The molecule has 2 aliphatic heterocycles. The van der Waals surface area contributed by atoms with Crippen molar-refractivity contribution < 1.29 is 8.95 Å². The summed E-state index contributed by atoms with van der Waals surface area (Å²) in [4.78, 5) is 14.2. The van der Waals surface area contributed by atoms with Crippen LogP contribution in [0.1, 0.15) is 37.9 Å². The Labute approximate surface area is 179 Å². The number of benzene rings is 1. The van der Waals surface area contributed by atoms with Crippen LogP contribution in [0.3, 0.4) is 0 Å². The van der Waals surface area contributed by atoms with Crippen LogP contribution in [0.15, 0.2) is 39.9 Å². The molecule has 2 aliphatic rings. The first-order valence-electron chi connectivity index (χ1n) is 10.6. The molecule has 2 aromatic rings. The highest BCUT2D eigenvalue weighted by molar-refractivity contribution is 7.93. The molecule has 0 spiro atoms. The summed E-state index contributed by atoms with van der Waals surface area (Å²) >= 11 is 0. The first-order valence-corrected chi connectivity index (χ1v) is 12.5. The zero-order chi connectivity index (χ0) is 21.3. The van der Waals surface area contributed by atoms with Crippen LogP contribution in [-0.2, 0) is 16.1 Å². The summed E-state index contributed by atoms with van der Waals surface area (Å²) in [6.45, 7) is 10.5. The number of piperazine rings is 1. The summed E-state index contributed by atoms with van der Waals surface area (Å²) in [5, 5.41) is 0. The molecule has 1 saturated heterocycles. The summed E-state index contributed by atoms with van der Waals surface area (Å²) in [6.07, 6.45) is 5.99. The van der Waals surface area contributed by atoms with Crippen molar-refractivity contribution in [3.63, 3.8) is 0 Å². The highest BCUT2D eigenvalue weighted by Gasteiger charge is 2.25. The van der Waals surface area contributed by atoms with Crippen LogP contribution in [-0.4, -0.2) is 64.2 Å². The van der Waals surface area contributed by atoms with Gasteiger partial charge in [0.05, 0.1) is 27.3 Å². The molecular weight excluding hydrogens is 398 g/mol. The Hall–Kier alpha value is -2.19. The topological polar surface area (TPSA) is 70.9 Å². The highest BCUT2D eigenvalue weighted by Crippen LogP contribution is 2.31. The first kappa shape index (κ1) is 21.1. The van der Waals surface area contributed by atoms with Crippen LogP contribution in [0.25, 0.3) is 0 Å². The van der Waals surface area contributed by atoms with Crippen LogP contribution < -0.4 is 9.64 Å². The fourth-order valence-corrected chi connectivity index (χ4v) is 5.52. The minimum Gasteiger partial charge on any atom is -0.493 e. The van der Waals surface area contributed by atoms with E-state index in [4.69, 9.17) is 4.74 Å². The maximum Gasteiger partial charge on any atom is 0.225 e. The molecule has 1 aromatic heterocycles. The van der Waals surface area contributed by atoms with Crippen molar-refractivity contribution in [1.29, 1.82) is 0 Å². The number of ether oxygens (including phenoxy) is 1. The van der Waals surface area contributed by atoms with E-state index in [1.54, 1.807) is 18.6 Å². The van der Waals surface area contributed by atoms with Gasteiger partial charge in [-0.25, -0.2) is 18.5 Å². The van der Waals surface area contributed by atoms with Crippen LogP contribution >= 0.6 is 0 Å². The van der Waals surface area contributed by atoms with Gasteiger partial charge >= 0.3 is 0 Å². The molecule has 30 heavy (non-hydrogen) atoms. The average Bonchev–Trinajstić information content (AvgIpc) is 3.20. The van der Waals surface area contributed by atoms with E-state index in [0.29, 0.717) is 16.9 Å². The molecule has 0 bridgehead atoms. The van der Waals surface area contributed by atoms with Crippen LogP contribution in [0.4, 0.5) is 5.95 Å². The van der Waals surface area contributed by atoms with Gasteiger partial charge in [-0.2, -0.15) is 0 Å². The lowest BCUT2D eigenvalue weighted by molar-refractivity contribution is 0.197. The molecule has 0 amide bonds. The SMILES string of the molecule is CC(C)N=[S@](C)(=O)c1cnc(N2CCN([C@@H](C)c3ccc4c(c3)OCC4)CC2)nc1. The van der Waals surface area contributed by atoms with E-state index in [0.717, 1.165) is 45.0 Å². The van der Waals surface area contributed by atoms with Crippen molar-refractivity contribution in [3.8, 4) is 5.75 Å². The van der Waals surface area contributed by atoms with Gasteiger partial charge in [0.1, 0.15) is 5.75 Å². The number of rotatable bonds is 5. The normalized spacial score (nSPS) is 19.8. The molecule has 3 heterocycles. The van der Waals surface area contributed by atoms with Crippen molar-refractivity contribution in [2.24, 2.45) is 4.36 Å². The Bertz CT molecular complexity index is 1010. The predicted molar refractivity (Wildman–Crippen MR) is 120 cm³/mol. The number of nitrogens with zero attached hydrogens (tertiary/aromatic N) is 5. The van der Waals surface area contributed by atoms with Crippen molar-refractivity contribution in [1.82, 2.24) is 14.9 Å². The number of hydrogen-bond acceptors (Lipinski definition) is 7. The molecule has 1 aromatic carbocycles. The zero-order valence-corrected chi connectivity index (χ0v) is 19.1. The van der Waals surface area contributed by atoms with E-state index in [-0.39, 0.29) is 6.04 Å². The third-order valence-corrected chi connectivity index (χ3v) is 7.72. The molecule has 0 N–H and O–H groups in total. The van der Waals surface area contributed by atoms with E-state index in [1.165, 1.54) is 11.1 Å². The van der Waals surface area contributed by atoms with Gasteiger partial charge in [0, 0.05) is 57.3 Å².